The lowest BCUT2D eigenvalue weighted by Crippen LogP contribution is -2.20. The van der Waals surface area contributed by atoms with Gasteiger partial charge in [0, 0.05) is 24.4 Å². The normalized spacial score (nSPS) is 16.4. The summed E-state index contributed by atoms with van der Waals surface area (Å²) in [4.78, 5) is 4.60. The Kier molecular flexibility index (Phi) is 6.66. The molecule has 0 saturated carbocycles. The fraction of sp³-hybridized carbons (Fsp3) is 0.353. The zero-order valence-corrected chi connectivity index (χ0v) is 13.8. The molecule has 4 heteroatoms. The maximum atomic E-state index is 5.89. The summed E-state index contributed by atoms with van der Waals surface area (Å²) in [7, 11) is 0. The van der Waals surface area contributed by atoms with Crippen LogP contribution in [0.4, 0.5) is 0 Å². The van der Waals surface area contributed by atoms with Crippen LogP contribution in [0.2, 0.25) is 0 Å². The van der Waals surface area contributed by atoms with Crippen LogP contribution in [0, 0.1) is 6.92 Å². The van der Waals surface area contributed by atoms with E-state index in [0.717, 1.165) is 6.42 Å². The number of benzene rings is 1. The number of halogens is 2. The van der Waals surface area contributed by atoms with Crippen molar-refractivity contribution >= 4 is 24.8 Å². The molecule has 1 aromatic heterocycles. The number of aryl methyl sites for hydroxylation is 1. The van der Waals surface area contributed by atoms with Gasteiger partial charge in [-0.2, -0.15) is 0 Å². The van der Waals surface area contributed by atoms with E-state index in [1.807, 2.05) is 6.20 Å². The molecule has 2 aromatic rings. The lowest BCUT2D eigenvalue weighted by atomic mass is 9.83. The summed E-state index contributed by atoms with van der Waals surface area (Å²) in [5.41, 5.74) is 12.5. The average molecular weight is 325 g/mol. The molecule has 0 bridgehead atoms. The molecule has 0 amide bonds. The smallest absolute Gasteiger partial charge is 0.0485 e. The van der Waals surface area contributed by atoms with E-state index in [1.54, 1.807) is 0 Å². The minimum Gasteiger partial charge on any atom is -0.330 e. The van der Waals surface area contributed by atoms with Crippen LogP contribution in [-0.4, -0.2) is 11.5 Å². The van der Waals surface area contributed by atoms with Gasteiger partial charge in [-0.3, -0.25) is 4.98 Å². The molecule has 1 unspecified atom stereocenters. The number of aromatic nitrogens is 1. The van der Waals surface area contributed by atoms with Crippen molar-refractivity contribution in [2.24, 2.45) is 5.73 Å². The fourth-order valence-electron chi connectivity index (χ4n) is 3.02. The molecule has 2 N–H and O–H groups in total. The quantitative estimate of drug-likeness (QED) is 0.895. The molecule has 21 heavy (non-hydrogen) atoms. The number of nitrogens with zero attached hydrogens (tertiary/aromatic N) is 1. The highest BCUT2D eigenvalue weighted by atomic mass is 35.5. The SMILES string of the molecule is Cc1ccc(-c2ccnc3c2CCCC3CN)cc1.Cl.Cl. The van der Waals surface area contributed by atoms with Crippen LogP contribution in [0.15, 0.2) is 36.5 Å². The molecule has 1 aromatic carbocycles. The second kappa shape index (κ2) is 7.79. The first-order valence-electron chi connectivity index (χ1n) is 7.04. The fourth-order valence-corrected chi connectivity index (χ4v) is 3.02. The summed E-state index contributed by atoms with van der Waals surface area (Å²) in [6.45, 7) is 2.83. The highest BCUT2D eigenvalue weighted by Gasteiger charge is 2.22. The Morgan fingerprint density at radius 3 is 2.52 bits per heavy atom. The van der Waals surface area contributed by atoms with Crippen molar-refractivity contribution in [1.29, 1.82) is 0 Å². The number of hydrogen-bond acceptors (Lipinski definition) is 2. The largest absolute Gasteiger partial charge is 0.330 e. The highest BCUT2D eigenvalue weighted by Crippen LogP contribution is 2.35. The molecular formula is C17H22Cl2N2. The van der Waals surface area contributed by atoms with Gasteiger partial charge < -0.3 is 5.73 Å². The van der Waals surface area contributed by atoms with E-state index < -0.39 is 0 Å². The van der Waals surface area contributed by atoms with Gasteiger partial charge in [-0.05, 0) is 48.9 Å². The highest BCUT2D eigenvalue weighted by molar-refractivity contribution is 5.85. The predicted molar refractivity (Wildman–Crippen MR) is 93.6 cm³/mol. The molecule has 1 aliphatic carbocycles. The maximum Gasteiger partial charge on any atom is 0.0485 e. The summed E-state index contributed by atoms with van der Waals surface area (Å²) < 4.78 is 0. The lowest BCUT2D eigenvalue weighted by Gasteiger charge is -2.25. The van der Waals surface area contributed by atoms with E-state index in [0.29, 0.717) is 12.5 Å². The molecule has 114 valence electrons. The first-order valence-corrected chi connectivity index (χ1v) is 7.04. The minimum atomic E-state index is 0. The van der Waals surface area contributed by atoms with E-state index >= 15 is 0 Å². The van der Waals surface area contributed by atoms with E-state index in [9.17, 15) is 0 Å². The van der Waals surface area contributed by atoms with Crippen LogP contribution in [0.1, 0.15) is 35.6 Å². The molecule has 2 nitrogen and oxygen atoms in total. The van der Waals surface area contributed by atoms with Gasteiger partial charge in [0.05, 0.1) is 0 Å². The first-order chi connectivity index (χ1) is 9.29. The molecule has 1 heterocycles. The predicted octanol–water partition coefficient (Wildman–Crippen LogP) is 4.28. The zero-order chi connectivity index (χ0) is 13.2. The molecule has 1 aliphatic rings. The molecular weight excluding hydrogens is 303 g/mol. The third kappa shape index (κ3) is 3.57. The first kappa shape index (κ1) is 18.0. The second-order valence-electron chi connectivity index (χ2n) is 5.41. The van der Waals surface area contributed by atoms with Crippen molar-refractivity contribution in [2.45, 2.75) is 32.1 Å². The van der Waals surface area contributed by atoms with Gasteiger partial charge in [-0.15, -0.1) is 24.8 Å². The molecule has 0 fully saturated rings. The van der Waals surface area contributed by atoms with Gasteiger partial charge in [0.2, 0.25) is 0 Å². The van der Waals surface area contributed by atoms with Gasteiger partial charge in [0.1, 0.15) is 0 Å². The van der Waals surface area contributed by atoms with E-state index in [4.69, 9.17) is 5.73 Å². The number of fused-ring (bicyclic) bond motifs is 1. The average Bonchev–Trinajstić information content (AvgIpc) is 2.47. The van der Waals surface area contributed by atoms with E-state index in [2.05, 4.69) is 42.2 Å². The van der Waals surface area contributed by atoms with Crippen LogP contribution in [0.3, 0.4) is 0 Å². The van der Waals surface area contributed by atoms with Gasteiger partial charge in [0.25, 0.3) is 0 Å². The van der Waals surface area contributed by atoms with Crippen molar-refractivity contribution in [2.75, 3.05) is 6.54 Å². The Hall–Kier alpha value is -1.09. The van der Waals surface area contributed by atoms with Crippen LogP contribution >= 0.6 is 24.8 Å². The minimum absolute atomic E-state index is 0. The Morgan fingerprint density at radius 2 is 1.86 bits per heavy atom. The standard InChI is InChI=1S/C17H20N2.2ClH/c1-12-5-7-13(8-6-12)15-9-10-19-17-14(11-18)3-2-4-16(15)17;;/h5-10,14H,2-4,11,18H2,1H3;2*1H. The zero-order valence-electron chi connectivity index (χ0n) is 12.2. The summed E-state index contributed by atoms with van der Waals surface area (Å²) in [5, 5.41) is 0. The van der Waals surface area contributed by atoms with Crippen molar-refractivity contribution < 1.29 is 0 Å². The molecule has 0 spiro atoms. The van der Waals surface area contributed by atoms with Crippen LogP contribution in [-0.2, 0) is 6.42 Å². The Labute approximate surface area is 139 Å². The second-order valence-corrected chi connectivity index (χ2v) is 5.41. The Morgan fingerprint density at radius 1 is 1.14 bits per heavy atom. The van der Waals surface area contributed by atoms with Crippen molar-refractivity contribution in [1.82, 2.24) is 4.98 Å². The van der Waals surface area contributed by atoms with E-state index in [-0.39, 0.29) is 24.8 Å². The third-order valence-corrected chi connectivity index (χ3v) is 4.10. The van der Waals surface area contributed by atoms with Crippen LogP contribution < -0.4 is 5.73 Å². The van der Waals surface area contributed by atoms with Crippen LogP contribution in [0.5, 0.6) is 0 Å². The molecule has 0 radical (unpaired) electrons. The van der Waals surface area contributed by atoms with Crippen molar-refractivity contribution in [3.05, 3.63) is 53.3 Å². The third-order valence-electron chi connectivity index (χ3n) is 4.10. The van der Waals surface area contributed by atoms with Crippen molar-refractivity contribution in [3.63, 3.8) is 0 Å². The molecule has 3 rings (SSSR count). The van der Waals surface area contributed by atoms with Gasteiger partial charge in [-0.1, -0.05) is 29.8 Å². The summed E-state index contributed by atoms with van der Waals surface area (Å²) >= 11 is 0. The maximum absolute atomic E-state index is 5.89. The number of rotatable bonds is 2. The van der Waals surface area contributed by atoms with Crippen LogP contribution in [0.25, 0.3) is 11.1 Å². The molecule has 1 atom stereocenters. The van der Waals surface area contributed by atoms with Gasteiger partial charge in [-0.25, -0.2) is 0 Å². The number of pyridine rings is 1. The lowest BCUT2D eigenvalue weighted by molar-refractivity contribution is 0.546. The topological polar surface area (TPSA) is 38.9 Å². The van der Waals surface area contributed by atoms with E-state index in [1.165, 1.54) is 40.8 Å². The molecule has 0 aliphatic heterocycles. The Balaban J connectivity index is 0.00000110. The Bertz CT molecular complexity index is 582. The number of nitrogens with two attached hydrogens (primary N) is 1. The van der Waals surface area contributed by atoms with Gasteiger partial charge >= 0.3 is 0 Å². The monoisotopic (exact) mass is 324 g/mol. The number of hydrogen-bond donors (Lipinski definition) is 1. The summed E-state index contributed by atoms with van der Waals surface area (Å²) in [6, 6.07) is 10.9. The summed E-state index contributed by atoms with van der Waals surface area (Å²) in [6.07, 6.45) is 5.46. The summed E-state index contributed by atoms with van der Waals surface area (Å²) in [5.74, 6) is 0.439. The van der Waals surface area contributed by atoms with Gasteiger partial charge in [0.15, 0.2) is 0 Å². The molecule has 0 saturated heterocycles. The van der Waals surface area contributed by atoms with Crippen molar-refractivity contribution in [3.8, 4) is 11.1 Å².